The van der Waals surface area contributed by atoms with Gasteiger partial charge in [-0.25, -0.2) is 4.79 Å². The molecule has 8 nitrogen and oxygen atoms in total. The number of quaternary nitrogens is 1. The van der Waals surface area contributed by atoms with Crippen molar-refractivity contribution in [3.63, 3.8) is 0 Å². The minimum Gasteiger partial charge on any atom is -0.477 e. The smallest absolute Gasteiger partial charge is 0.362 e. The fourth-order valence-corrected chi connectivity index (χ4v) is 6.72. The third-order valence-corrected chi connectivity index (χ3v) is 10.4. The molecular formula is C51H90NO7+. The van der Waals surface area contributed by atoms with E-state index in [9.17, 15) is 19.5 Å². The van der Waals surface area contributed by atoms with Gasteiger partial charge in [-0.15, -0.1) is 0 Å². The Hall–Kier alpha value is -2.97. The van der Waals surface area contributed by atoms with Gasteiger partial charge in [-0.05, 0) is 77.0 Å². The van der Waals surface area contributed by atoms with E-state index in [0.29, 0.717) is 19.3 Å². The van der Waals surface area contributed by atoms with Gasteiger partial charge in [0, 0.05) is 19.3 Å². The molecule has 0 bridgehead atoms. The van der Waals surface area contributed by atoms with E-state index in [1.165, 1.54) is 77.0 Å². The molecule has 0 saturated carbocycles. The van der Waals surface area contributed by atoms with Crippen LogP contribution in [0.5, 0.6) is 0 Å². The predicted octanol–water partition coefficient (Wildman–Crippen LogP) is 13.4. The molecule has 0 spiro atoms. The monoisotopic (exact) mass is 829 g/mol. The molecule has 0 aliphatic carbocycles. The fourth-order valence-electron chi connectivity index (χ4n) is 6.72. The third-order valence-electron chi connectivity index (χ3n) is 10.4. The van der Waals surface area contributed by atoms with Crippen LogP contribution in [0.1, 0.15) is 194 Å². The first-order valence-corrected chi connectivity index (χ1v) is 23.8. The minimum absolute atomic E-state index is 0.0519. The van der Waals surface area contributed by atoms with Crippen LogP contribution in [0.3, 0.4) is 0 Å². The molecule has 0 aromatic heterocycles. The third kappa shape index (κ3) is 40.2. The van der Waals surface area contributed by atoms with Crippen LogP contribution in [0, 0.1) is 0 Å². The van der Waals surface area contributed by atoms with E-state index in [4.69, 9.17) is 14.2 Å². The van der Waals surface area contributed by atoms with Crippen molar-refractivity contribution in [2.45, 2.75) is 206 Å². The van der Waals surface area contributed by atoms with Gasteiger partial charge in [-0.1, -0.05) is 158 Å². The lowest BCUT2D eigenvalue weighted by molar-refractivity contribution is -0.887. The number of allylic oxidation sites excluding steroid dienone is 10. The average Bonchev–Trinajstić information content (AvgIpc) is 3.19. The largest absolute Gasteiger partial charge is 0.477 e. The molecule has 0 aliphatic rings. The Balaban J connectivity index is 4.27. The molecule has 0 saturated heterocycles. The van der Waals surface area contributed by atoms with E-state index in [-0.39, 0.29) is 36.2 Å². The van der Waals surface area contributed by atoms with E-state index in [1.54, 1.807) is 0 Å². The molecule has 0 amide bonds. The van der Waals surface area contributed by atoms with E-state index in [2.05, 4.69) is 74.6 Å². The Kier molecular flexibility index (Phi) is 39.6. The van der Waals surface area contributed by atoms with Gasteiger partial charge < -0.3 is 23.8 Å². The van der Waals surface area contributed by atoms with Crippen molar-refractivity contribution in [3.05, 3.63) is 60.8 Å². The van der Waals surface area contributed by atoms with Gasteiger partial charge in [0.05, 0.1) is 34.4 Å². The van der Waals surface area contributed by atoms with Crippen LogP contribution in [0.15, 0.2) is 60.8 Å². The van der Waals surface area contributed by atoms with Crippen LogP contribution < -0.4 is 0 Å². The summed E-state index contributed by atoms with van der Waals surface area (Å²) < 4.78 is 17.3. The van der Waals surface area contributed by atoms with Crippen LogP contribution in [0.25, 0.3) is 0 Å². The lowest BCUT2D eigenvalue weighted by Gasteiger charge is -2.31. The Morgan fingerprint density at radius 2 is 0.949 bits per heavy atom. The Bertz CT molecular complexity index is 1150. The summed E-state index contributed by atoms with van der Waals surface area (Å²) in [6, 6.07) is -0.619. The first-order valence-electron chi connectivity index (χ1n) is 23.8. The Morgan fingerprint density at radius 3 is 1.44 bits per heavy atom. The van der Waals surface area contributed by atoms with E-state index >= 15 is 0 Å². The maximum atomic E-state index is 12.7. The van der Waals surface area contributed by atoms with Crippen molar-refractivity contribution < 1.29 is 38.2 Å². The van der Waals surface area contributed by atoms with Crippen LogP contribution in [0.4, 0.5) is 0 Å². The van der Waals surface area contributed by atoms with Crippen LogP contribution in [-0.2, 0) is 28.6 Å². The highest BCUT2D eigenvalue weighted by molar-refractivity contribution is 5.72. The first-order chi connectivity index (χ1) is 28.6. The van der Waals surface area contributed by atoms with Gasteiger partial charge in [-0.2, -0.15) is 0 Å². The van der Waals surface area contributed by atoms with Gasteiger partial charge in [0.25, 0.3) is 0 Å². The molecule has 1 N–H and O–H groups in total. The van der Waals surface area contributed by atoms with Crippen LogP contribution in [-0.4, -0.2) is 80.6 Å². The summed E-state index contributed by atoms with van der Waals surface area (Å²) in [6.07, 6.45) is 51.2. The molecule has 0 rings (SSSR count). The standard InChI is InChI=1S/C51H89NO7/c1-6-8-10-12-14-16-18-20-21-22-23-24-25-26-27-28-30-31-33-35-37-39-41-49(53)58-46-47(45-57-44-43-48(51(55)56)52(3,4)5)59-50(54)42-40-38-36-34-32-29-19-17-15-13-11-9-7-2/h8,10,14,16,20-21,23-24,29,32,47-48H,6-7,9,11-13,15,17-19,22,25-28,30-31,33-46H2,1-5H3/p+1/b10-8+,16-14+,21-20+,24-23+,32-29+. The fraction of sp³-hybridized carbons (Fsp3) is 0.745. The van der Waals surface area contributed by atoms with Gasteiger partial charge >= 0.3 is 17.9 Å². The summed E-state index contributed by atoms with van der Waals surface area (Å²) in [4.78, 5) is 37.0. The first kappa shape index (κ1) is 56.0. The number of ether oxygens (including phenoxy) is 3. The van der Waals surface area contributed by atoms with Crippen molar-refractivity contribution in [2.75, 3.05) is 41.0 Å². The van der Waals surface area contributed by atoms with E-state index in [1.807, 2.05) is 21.1 Å². The summed E-state index contributed by atoms with van der Waals surface area (Å²) in [6.45, 7) is 4.59. The molecule has 59 heavy (non-hydrogen) atoms. The second-order valence-corrected chi connectivity index (χ2v) is 17.0. The summed E-state index contributed by atoms with van der Waals surface area (Å²) in [5.41, 5.74) is 0. The zero-order valence-electron chi connectivity index (χ0n) is 38.7. The topological polar surface area (TPSA) is 99.1 Å². The highest BCUT2D eigenvalue weighted by Gasteiger charge is 2.31. The van der Waals surface area contributed by atoms with E-state index < -0.39 is 18.1 Å². The molecule has 0 radical (unpaired) electrons. The van der Waals surface area contributed by atoms with Crippen LogP contribution in [0.2, 0.25) is 0 Å². The van der Waals surface area contributed by atoms with E-state index in [0.717, 1.165) is 83.5 Å². The number of unbranched alkanes of at least 4 members (excludes halogenated alkanes) is 18. The Morgan fingerprint density at radius 1 is 0.525 bits per heavy atom. The zero-order chi connectivity index (χ0) is 43.5. The highest BCUT2D eigenvalue weighted by atomic mass is 16.6. The summed E-state index contributed by atoms with van der Waals surface area (Å²) >= 11 is 0. The second-order valence-electron chi connectivity index (χ2n) is 17.0. The van der Waals surface area contributed by atoms with Crippen molar-refractivity contribution in [1.82, 2.24) is 0 Å². The molecule has 0 aliphatic heterocycles. The maximum Gasteiger partial charge on any atom is 0.362 e. The maximum absolute atomic E-state index is 12.7. The summed E-state index contributed by atoms with van der Waals surface area (Å²) in [7, 11) is 5.52. The lowest BCUT2D eigenvalue weighted by atomic mass is 10.1. The highest BCUT2D eigenvalue weighted by Crippen LogP contribution is 2.14. The number of rotatable bonds is 42. The minimum atomic E-state index is -0.879. The summed E-state index contributed by atoms with van der Waals surface area (Å²) in [5, 5.41) is 9.63. The van der Waals surface area contributed by atoms with Gasteiger partial charge in [0.1, 0.15) is 6.61 Å². The quantitative estimate of drug-likeness (QED) is 0.0283. The number of hydrogen-bond donors (Lipinski definition) is 1. The molecule has 340 valence electrons. The predicted molar refractivity (Wildman–Crippen MR) is 247 cm³/mol. The number of carboxylic acid groups (broad SMARTS) is 1. The molecular weight excluding hydrogens is 739 g/mol. The van der Waals surface area contributed by atoms with Crippen molar-refractivity contribution in [1.29, 1.82) is 0 Å². The molecule has 2 atom stereocenters. The number of aliphatic carboxylic acids is 1. The SMILES string of the molecule is CC/C=C/C/C=C/C/C=C/C/C=C/CCCCCCCCCCCC(=O)OCC(COCCC(C(=O)O)[N+](C)(C)C)OC(=O)CCCCC/C=C/CCCCCCCC. The molecule has 2 unspecified atom stereocenters. The number of nitrogens with zero attached hydrogens (tertiary/aromatic N) is 1. The van der Waals surface area contributed by atoms with Crippen molar-refractivity contribution in [3.8, 4) is 0 Å². The van der Waals surface area contributed by atoms with Crippen LogP contribution >= 0.6 is 0 Å². The van der Waals surface area contributed by atoms with Gasteiger partial charge in [0.15, 0.2) is 12.1 Å². The number of hydrogen-bond acceptors (Lipinski definition) is 6. The normalized spacial score (nSPS) is 13.4. The zero-order valence-corrected chi connectivity index (χ0v) is 38.7. The number of carbonyl (C=O) groups excluding carboxylic acids is 2. The van der Waals surface area contributed by atoms with Crippen molar-refractivity contribution >= 4 is 17.9 Å². The van der Waals surface area contributed by atoms with Gasteiger partial charge in [0.2, 0.25) is 0 Å². The second kappa shape index (κ2) is 41.8. The lowest BCUT2D eigenvalue weighted by Crippen LogP contribution is -2.50. The number of esters is 2. The number of likely N-dealkylation sites (N-methyl/N-ethyl adjacent to an activating group) is 1. The molecule has 0 heterocycles. The molecule has 0 aromatic carbocycles. The molecule has 0 fully saturated rings. The Labute approximate surface area is 362 Å². The van der Waals surface area contributed by atoms with Gasteiger partial charge in [-0.3, -0.25) is 9.59 Å². The number of carboxylic acids is 1. The molecule has 0 aromatic rings. The number of carbonyl (C=O) groups is 3. The summed E-state index contributed by atoms with van der Waals surface area (Å²) in [5.74, 6) is -1.50. The average molecular weight is 829 g/mol. The van der Waals surface area contributed by atoms with Crippen molar-refractivity contribution in [2.24, 2.45) is 0 Å². The molecule has 8 heteroatoms.